The van der Waals surface area contributed by atoms with Crippen LogP contribution in [0.3, 0.4) is 0 Å². The van der Waals surface area contributed by atoms with Crippen LogP contribution in [0.2, 0.25) is 0 Å². The highest BCUT2D eigenvalue weighted by Crippen LogP contribution is 2.26. The number of hydrogen-bond acceptors (Lipinski definition) is 3. The molecule has 0 N–H and O–H groups in total. The molecular weight excluding hydrogens is 319 g/mol. The molecule has 0 amide bonds. The van der Waals surface area contributed by atoms with E-state index in [2.05, 4.69) is 39.8 Å². The summed E-state index contributed by atoms with van der Waals surface area (Å²) in [6, 6.07) is 6.19. The van der Waals surface area contributed by atoms with Gasteiger partial charge in [0.15, 0.2) is 0 Å². The first-order valence-corrected chi connectivity index (χ1v) is 5.93. The Hall–Kier alpha value is -0.660. The lowest BCUT2D eigenvalue weighted by atomic mass is 10.2. The van der Waals surface area contributed by atoms with Crippen LogP contribution in [-0.4, -0.2) is 24.0 Å². The molecule has 2 aromatic rings. The van der Waals surface area contributed by atoms with Gasteiger partial charge >= 0.3 is 0 Å². The third-order valence-corrected chi connectivity index (χ3v) is 3.16. The molecule has 4 nitrogen and oxygen atoms in total. The van der Waals surface area contributed by atoms with Gasteiger partial charge in [0, 0.05) is 30.2 Å². The predicted molar refractivity (Wildman–Crippen MR) is 70.2 cm³/mol. The molecule has 0 saturated heterocycles. The van der Waals surface area contributed by atoms with E-state index < -0.39 is 6.29 Å². The molecule has 0 aliphatic rings. The topological polar surface area (TPSA) is 36.3 Å². The Morgan fingerprint density at radius 3 is 2.62 bits per heavy atom. The van der Waals surface area contributed by atoms with Crippen molar-refractivity contribution in [2.75, 3.05) is 14.2 Å². The highest BCUT2D eigenvalue weighted by Gasteiger charge is 2.17. The van der Waals surface area contributed by atoms with E-state index in [4.69, 9.17) is 9.47 Å². The molecule has 16 heavy (non-hydrogen) atoms. The molecule has 5 heteroatoms. The molecule has 0 saturated carbocycles. The normalized spacial score (nSPS) is 11.6. The number of ether oxygens (including phenoxy) is 2. The molecular formula is C11H13IN2O2. The number of halogens is 1. The van der Waals surface area contributed by atoms with Crippen molar-refractivity contribution >= 4 is 33.5 Å². The largest absolute Gasteiger partial charge is 0.350 e. The van der Waals surface area contributed by atoms with E-state index in [0.717, 1.165) is 16.6 Å². The van der Waals surface area contributed by atoms with Crippen LogP contribution in [0, 0.1) is 3.57 Å². The van der Waals surface area contributed by atoms with Crippen molar-refractivity contribution in [2.45, 2.75) is 6.29 Å². The molecule has 2 rings (SSSR count). The number of aromatic nitrogens is 2. The molecule has 0 bridgehead atoms. The van der Waals surface area contributed by atoms with Gasteiger partial charge in [0.25, 0.3) is 0 Å². The quantitative estimate of drug-likeness (QED) is 0.640. The summed E-state index contributed by atoms with van der Waals surface area (Å²) in [7, 11) is 5.15. The van der Waals surface area contributed by atoms with Crippen LogP contribution in [-0.2, 0) is 16.5 Å². The van der Waals surface area contributed by atoms with E-state index in [1.54, 1.807) is 14.2 Å². The number of benzene rings is 1. The summed E-state index contributed by atoms with van der Waals surface area (Å²) in [4.78, 5) is 0. The smallest absolute Gasteiger partial charge is 0.203 e. The second-order valence-corrected chi connectivity index (χ2v) is 4.72. The molecule has 0 fully saturated rings. The van der Waals surface area contributed by atoms with Gasteiger partial charge in [-0.3, -0.25) is 4.68 Å². The first-order valence-electron chi connectivity index (χ1n) is 4.85. The van der Waals surface area contributed by atoms with E-state index in [1.807, 2.05) is 17.8 Å². The summed E-state index contributed by atoms with van der Waals surface area (Å²) in [6.07, 6.45) is -0.413. The Morgan fingerprint density at radius 2 is 2.00 bits per heavy atom. The van der Waals surface area contributed by atoms with Gasteiger partial charge in [0.05, 0.1) is 5.52 Å². The average molecular weight is 332 g/mol. The molecule has 0 aliphatic heterocycles. The Bertz CT molecular complexity index is 506. The summed E-state index contributed by atoms with van der Waals surface area (Å²) in [5.74, 6) is 0. The predicted octanol–water partition coefficient (Wildman–Crippen LogP) is 2.47. The second kappa shape index (κ2) is 4.68. The molecule has 0 aliphatic carbocycles. The molecule has 1 aromatic carbocycles. The Kier molecular flexibility index (Phi) is 3.46. The lowest BCUT2D eigenvalue weighted by Crippen LogP contribution is -2.05. The molecule has 86 valence electrons. The Balaban J connectivity index is 2.63. The fourth-order valence-corrected chi connectivity index (χ4v) is 2.23. The zero-order valence-electron chi connectivity index (χ0n) is 9.40. The number of rotatable bonds is 3. The first-order chi connectivity index (χ1) is 7.67. The Labute approximate surface area is 108 Å². The van der Waals surface area contributed by atoms with Crippen molar-refractivity contribution < 1.29 is 9.47 Å². The van der Waals surface area contributed by atoms with Crippen LogP contribution in [0.15, 0.2) is 18.2 Å². The van der Waals surface area contributed by atoms with Crippen molar-refractivity contribution in [1.29, 1.82) is 0 Å². The van der Waals surface area contributed by atoms with E-state index in [1.165, 1.54) is 3.57 Å². The standard InChI is InChI=1S/C11H13IN2O2/c1-14-9-6-7(12)4-5-8(9)10(13-14)11(15-2)16-3/h4-6,11H,1-3H3. The third kappa shape index (κ3) is 1.94. The minimum atomic E-state index is -0.413. The number of aryl methyl sites for hydroxylation is 1. The SMILES string of the molecule is COC(OC)c1nn(C)c2cc(I)ccc12. The number of fused-ring (bicyclic) bond motifs is 1. The maximum absolute atomic E-state index is 5.24. The van der Waals surface area contributed by atoms with E-state index in [-0.39, 0.29) is 0 Å². The first kappa shape index (κ1) is 11.8. The maximum Gasteiger partial charge on any atom is 0.203 e. The van der Waals surface area contributed by atoms with Gasteiger partial charge in [0.2, 0.25) is 6.29 Å². The average Bonchev–Trinajstić information content (AvgIpc) is 2.58. The van der Waals surface area contributed by atoms with Gasteiger partial charge in [-0.05, 0) is 40.8 Å². The van der Waals surface area contributed by atoms with Gasteiger partial charge in [-0.1, -0.05) is 0 Å². The summed E-state index contributed by atoms with van der Waals surface area (Å²) in [6.45, 7) is 0. The molecule has 1 heterocycles. The van der Waals surface area contributed by atoms with Crippen LogP contribution in [0.4, 0.5) is 0 Å². The third-order valence-electron chi connectivity index (χ3n) is 2.49. The van der Waals surface area contributed by atoms with Crippen LogP contribution in [0.25, 0.3) is 10.9 Å². The van der Waals surface area contributed by atoms with E-state index >= 15 is 0 Å². The van der Waals surface area contributed by atoms with Crippen LogP contribution in [0.1, 0.15) is 12.0 Å². The molecule has 0 radical (unpaired) electrons. The maximum atomic E-state index is 5.24. The van der Waals surface area contributed by atoms with Crippen molar-refractivity contribution in [3.05, 3.63) is 27.5 Å². The van der Waals surface area contributed by atoms with Crippen molar-refractivity contribution in [3.63, 3.8) is 0 Å². The summed E-state index contributed by atoms with van der Waals surface area (Å²) >= 11 is 2.29. The van der Waals surface area contributed by atoms with Gasteiger partial charge in [-0.15, -0.1) is 0 Å². The molecule has 0 spiro atoms. The highest BCUT2D eigenvalue weighted by molar-refractivity contribution is 14.1. The van der Waals surface area contributed by atoms with Crippen LogP contribution in [0.5, 0.6) is 0 Å². The minimum absolute atomic E-state index is 0.413. The van der Waals surface area contributed by atoms with Gasteiger partial charge in [0.1, 0.15) is 5.69 Å². The zero-order chi connectivity index (χ0) is 11.7. The minimum Gasteiger partial charge on any atom is -0.350 e. The van der Waals surface area contributed by atoms with Gasteiger partial charge in [-0.25, -0.2) is 0 Å². The van der Waals surface area contributed by atoms with E-state index in [9.17, 15) is 0 Å². The summed E-state index contributed by atoms with van der Waals surface area (Å²) < 4.78 is 13.5. The lowest BCUT2D eigenvalue weighted by Gasteiger charge is -2.10. The van der Waals surface area contributed by atoms with Crippen molar-refractivity contribution in [2.24, 2.45) is 7.05 Å². The Morgan fingerprint density at radius 1 is 1.31 bits per heavy atom. The number of nitrogens with zero attached hydrogens (tertiary/aromatic N) is 2. The second-order valence-electron chi connectivity index (χ2n) is 3.47. The number of methoxy groups -OCH3 is 2. The zero-order valence-corrected chi connectivity index (χ0v) is 11.6. The van der Waals surface area contributed by atoms with Crippen LogP contribution >= 0.6 is 22.6 Å². The molecule has 0 unspecified atom stereocenters. The number of hydrogen-bond donors (Lipinski definition) is 0. The molecule has 0 atom stereocenters. The van der Waals surface area contributed by atoms with Gasteiger partial charge < -0.3 is 9.47 Å². The highest BCUT2D eigenvalue weighted by atomic mass is 127. The summed E-state index contributed by atoms with van der Waals surface area (Å²) in [5.41, 5.74) is 1.90. The van der Waals surface area contributed by atoms with Crippen LogP contribution < -0.4 is 0 Å². The van der Waals surface area contributed by atoms with Crippen molar-refractivity contribution in [3.8, 4) is 0 Å². The fraction of sp³-hybridized carbons (Fsp3) is 0.364. The monoisotopic (exact) mass is 332 g/mol. The van der Waals surface area contributed by atoms with Crippen molar-refractivity contribution in [1.82, 2.24) is 9.78 Å². The lowest BCUT2D eigenvalue weighted by molar-refractivity contribution is -0.108. The molecule has 1 aromatic heterocycles. The van der Waals surface area contributed by atoms with Gasteiger partial charge in [-0.2, -0.15) is 5.10 Å². The van der Waals surface area contributed by atoms with E-state index in [0.29, 0.717) is 0 Å². The summed E-state index contributed by atoms with van der Waals surface area (Å²) in [5, 5.41) is 5.50. The fourth-order valence-electron chi connectivity index (χ4n) is 1.75.